The predicted molar refractivity (Wildman–Crippen MR) is 109 cm³/mol. The minimum absolute atomic E-state index is 0.116. The Morgan fingerprint density at radius 1 is 1.00 bits per heavy atom. The summed E-state index contributed by atoms with van der Waals surface area (Å²) in [5.74, 6) is 1.46. The van der Waals surface area contributed by atoms with Gasteiger partial charge in [-0.15, -0.1) is 0 Å². The van der Waals surface area contributed by atoms with Crippen LogP contribution in [0.15, 0.2) is 42.6 Å². The van der Waals surface area contributed by atoms with E-state index in [9.17, 15) is 9.90 Å². The molecule has 0 aromatic carbocycles. The molecule has 148 valence electrons. The highest BCUT2D eigenvalue weighted by molar-refractivity contribution is 5.85. The maximum absolute atomic E-state index is 11.2. The SMILES string of the molecule is O=C(O)c1cccc(N2CCCC(CN3CCN(c4ccccn4)CC3)C2)n1. The number of hydrogen-bond acceptors (Lipinski definition) is 6. The summed E-state index contributed by atoms with van der Waals surface area (Å²) >= 11 is 0. The van der Waals surface area contributed by atoms with E-state index in [0.717, 1.165) is 63.9 Å². The van der Waals surface area contributed by atoms with Gasteiger partial charge in [0.1, 0.15) is 11.6 Å². The second-order valence-corrected chi connectivity index (χ2v) is 7.62. The number of pyridine rings is 2. The van der Waals surface area contributed by atoms with Crippen molar-refractivity contribution in [2.45, 2.75) is 12.8 Å². The Morgan fingerprint density at radius 2 is 1.82 bits per heavy atom. The minimum atomic E-state index is -0.971. The summed E-state index contributed by atoms with van der Waals surface area (Å²) in [7, 11) is 0. The molecule has 0 amide bonds. The normalized spacial score (nSPS) is 20.9. The van der Waals surface area contributed by atoms with Crippen molar-refractivity contribution in [3.63, 3.8) is 0 Å². The third-order valence-electron chi connectivity index (χ3n) is 5.66. The van der Waals surface area contributed by atoms with E-state index in [4.69, 9.17) is 0 Å². The van der Waals surface area contributed by atoms with E-state index >= 15 is 0 Å². The lowest BCUT2D eigenvalue weighted by Gasteiger charge is -2.40. The van der Waals surface area contributed by atoms with Crippen LogP contribution in [-0.2, 0) is 0 Å². The third-order valence-corrected chi connectivity index (χ3v) is 5.66. The third kappa shape index (κ3) is 4.42. The van der Waals surface area contributed by atoms with Crippen molar-refractivity contribution in [2.24, 2.45) is 5.92 Å². The molecule has 2 fully saturated rings. The largest absolute Gasteiger partial charge is 0.477 e. The highest BCUT2D eigenvalue weighted by atomic mass is 16.4. The molecule has 0 radical (unpaired) electrons. The van der Waals surface area contributed by atoms with Crippen LogP contribution in [0.4, 0.5) is 11.6 Å². The van der Waals surface area contributed by atoms with Gasteiger partial charge in [-0.3, -0.25) is 4.90 Å². The molecule has 2 aliphatic rings. The summed E-state index contributed by atoms with van der Waals surface area (Å²) in [5.41, 5.74) is 0.116. The van der Waals surface area contributed by atoms with Gasteiger partial charge in [-0.1, -0.05) is 12.1 Å². The van der Waals surface area contributed by atoms with Gasteiger partial charge >= 0.3 is 5.97 Å². The molecule has 0 saturated carbocycles. The van der Waals surface area contributed by atoms with Crippen molar-refractivity contribution in [2.75, 3.05) is 55.6 Å². The van der Waals surface area contributed by atoms with Gasteiger partial charge in [0.2, 0.25) is 0 Å². The maximum atomic E-state index is 11.2. The van der Waals surface area contributed by atoms with E-state index in [1.807, 2.05) is 24.4 Å². The first-order chi connectivity index (χ1) is 13.7. The van der Waals surface area contributed by atoms with Gasteiger partial charge in [0, 0.05) is 52.0 Å². The molecule has 2 saturated heterocycles. The first-order valence-electron chi connectivity index (χ1n) is 10.0. The molecule has 2 aliphatic heterocycles. The lowest BCUT2D eigenvalue weighted by Crippen LogP contribution is -2.50. The van der Waals surface area contributed by atoms with Crippen LogP contribution in [-0.4, -0.2) is 71.8 Å². The number of carbonyl (C=O) groups is 1. The Morgan fingerprint density at radius 3 is 2.57 bits per heavy atom. The fourth-order valence-corrected chi connectivity index (χ4v) is 4.21. The maximum Gasteiger partial charge on any atom is 0.354 e. The lowest BCUT2D eigenvalue weighted by atomic mass is 9.97. The Kier molecular flexibility index (Phi) is 5.71. The zero-order chi connectivity index (χ0) is 19.3. The molecule has 7 nitrogen and oxygen atoms in total. The van der Waals surface area contributed by atoms with E-state index in [2.05, 4.69) is 30.7 Å². The van der Waals surface area contributed by atoms with Crippen molar-refractivity contribution >= 4 is 17.6 Å². The van der Waals surface area contributed by atoms with E-state index < -0.39 is 5.97 Å². The molecular formula is C21H27N5O2. The molecule has 1 atom stereocenters. The van der Waals surface area contributed by atoms with Gasteiger partial charge < -0.3 is 14.9 Å². The molecule has 28 heavy (non-hydrogen) atoms. The topological polar surface area (TPSA) is 72.8 Å². The summed E-state index contributed by atoms with van der Waals surface area (Å²) in [6, 6.07) is 11.3. The molecule has 0 spiro atoms. The number of carboxylic acid groups (broad SMARTS) is 1. The summed E-state index contributed by atoms with van der Waals surface area (Å²) in [6.07, 6.45) is 4.19. The van der Waals surface area contributed by atoms with Crippen LogP contribution in [0, 0.1) is 5.92 Å². The van der Waals surface area contributed by atoms with Gasteiger partial charge in [0.15, 0.2) is 5.69 Å². The first kappa shape index (κ1) is 18.7. The quantitative estimate of drug-likeness (QED) is 0.851. The smallest absolute Gasteiger partial charge is 0.354 e. The molecular weight excluding hydrogens is 354 g/mol. The van der Waals surface area contributed by atoms with E-state index in [0.29, 0.717) is 5.92 Å². The number of nitrogens with zero attached hydrogens (tertiary/aromatic N) is 5. The summed E-state index contributed by atoms with van der Waals surface area (Å²) in [5, 5.41) is 9.18. The van der Waals surface area contributed by atoms with Gasteiger partial charge in [-0.05, 0) is 43.0 Å². The molecule has 1 unspecified atom stereocenters. The summed E-state index contributed by atoms with van der Waals surface area (Å²) in [6.45, 7) is 7.10. The van der Waals surface area contributed by atoms with Gasteiger partial charge in [0.25, 0.3) is 0 Å². The van der Waals surface area contributed by atoms with E-state index in [1.165, 1.54) is 6.42 Å². The Labute approximate surface area is 165 Å². The molecule has 2 aromatic heterocycles. The number of aromatic carboxylic acids is 1. The molecule has 0 bridgehead atoms. The Hall–Kier alpha value is -2.67. The standard InChI is InChI=1S/C21H27N5O2/c27-21(28)18-6-3-8-20(23-18)26-10-4-5-17(16-26)15-24-11-13-25(14-12-24)19-7-1-2-9-22-19/h1-3,6-9,17H,4-5,10-16H2,(H,27,28). The van der Waals surface area contributed by atoms with Crippen LogP contribution >= 0.6 is 0 Å². The fourth-order valence-electron chi connectivity index (χ4n) is 4.21. The fraction of sp³-hybridized carbons (Fsp3) is 0.476. The molecule has 1 N–H and O–H groups in total. The highest BCUT2D eigenvalue weighted by Crippen LogP contribution is 2.23. The van der Waals surface area contributed by atoms with Gasteiger partial charge in [-0.25, -0.2) is 14.8 Å². The van der Waals surface area contributed by atoms with Crippen molar-refractivity contribution in [3.8, 4) is 0 Å². The number of rotatable bonds is 5. The van der Waals surface area contributed by atoms with Crippen molar-refractivity contribution in [3.05, 3.63) is 48.3 Å². The first-order valence-corrected chi connectivity index (χ1v) is 10.0. The van der Waals surface area contributed by atoms with Crippen molar-refractivity contribution < 1.29 is 9.90 Å². The Balaban J connectivity index is 1.31. The zero-order valence-corrected chi connectivity index (χ0v) is 16.1. The zero-order valence-electron chi connectivity index (χ0n) is 16.1. The minimum Gasteiger partial charge on any atom is -0.477 e. The molecule has 4 heterocycles. The summed E-state index contributed by atoms with van der Waals surface area (Å²) in [4.78, 5) is 27.1. The number of piperidine rings is 1. The lowest BCUT2D eigenvalue weighted by molar-refractivity contribution is 0.0690. The van der Waals surface area contributed by atoms with Crippen LogP contribution in [0.1, 0.15) is 23.3 Å². The average Bonchev–Trinajstić information content (AvgIpc) is 2.75. The second-order valence-electron chi connectivity index (χ2n) is 7.62. The summed E-state index contributed by atoms with van der Waals surface area (Å²) < 4.78 is 0. The average molecular weight is 381 g/mol. The van der Waals surface area contributed by atoms with Crippen LogP contribution in [0.2, 0.25) is 0 Å². The highest BCUT2D eigenvalue weighted by Gasteiger charge is 2.25. The van der Waals surface area contributed by atoms with Gasteiger partial charge in [0.05, 0.1) is 0 Å². The number of anilines is 2. The molecule has 4 rings (SSSR count). The number of aromatic nitrogens is 2. The van der Waals surface area contributed by atoms with Crippen molar-refractivity contribution in [1.29, 1.82) is 0 Å². The van der Waals surface area contributed by atoms with Gasteiger partial charge in [-0.2, -0.15) is 0 Å². The van der Waals surface area contributed by atoms with E-state index in [1.54, 1.807) is 12.1 Å². The number of carboxylic acids is 1. The van der Waals surface area contributed by atoms with Crippen LogP contribution in [0.25, 0.3) is 0 Å². The predicted octanol–water partition coefficient (Wildman–Crippen LogP) is 2.21. The number of piperazine rings is 1. The van der Waals surface area contributed by atoms with E-state index in [-0.39, 0.29) is 5.69 Å². The molecule has 7 heteroatoms. The van der Waals surface area contributed by atoms with Crippen LogP contribution < -0.4 is 9.80 Å². The van der Waals surface area contributed by atoms with Crippen molar-refractivity contribution in [1.82, 2.24) is 14.9 Å². The second kappa shape index (κ2) is 8.56. The molecule has 2 aromatic rings. The Bertz CT molecular complexity index is 792. The van der Waals surface area contributed by atoms with Crippen LogP contribution in [0.3, 0.4) is 0 Å². The number of hydrogen-bond donors (Lipinski definition) is 1. The monoisotopic (exact) mass is 381 g/mol. The van der Waals surface area contributed by atoms with Crippen LogP contribution in [0.5, 0.6) is 0 Å². The molecule has 0 aliphatic carbocycles.